The Morgan fingerprint density at radius 1 is 1.27 bits per heavy atom. The molecule has 4 heteroatoms. The normalized spacial score (nSPS) is 10.6. The smallest absolute Gasteiger partial charge is 0.224 e. The van der Waals surface area contributed by atoms with Crippen molar-refractivity contribution in [2.24, 2.45) is 4.99 Å². The van der Waals surface area contributed by atoms with Crippen LogP contribution in [0.3, 0.4) is 0 Å². The highest BCUT2D eigenvalue weighted by Crippen LogP contribution is 2.24. The molecule has 2 rings (SSSR count). The van der Waals surface area contributed by atoms with Crippen LogP contribution in [0.15, 0.2) is 47.5 Å². The molecule has 1 N–H and O–H groups in total. The van der Waals surface area contributed by atoms with E-state index in [4.69, 9.17) is 0 Å². The third kappa shape index (κ3) is 3.67. The first-order valence-electron chi connectivity index (χ1n) is 7.08. The Morgan fingerprint density at radius 2 is 2.00 bits per heavy atom. The molecule has 22 heavy (non-hydrogen) atoms. The van der Waals surface area contributed by atoms with E-state index in [1.54, 1.807) is 7.05 Å². The standard InChI is InChI=1S/C18H19N3O/c1-4-5-15-10-11-16(21-18(15)20-3)14-8-6-13(7-9-14)12-17(22)19-2/h4-11H,3,12H2,1-2H3,(H,19,22)/b5-4-. The number of rotatable bonds is 5. The zero-order valence-corrected chi connectivity index (χ0v) is 12.8. The number of nitrogens with zero attached hydrogens (tertiary/aromatic N) is 2. The summed E-state index contributed by atoms with van der Waals surface area (Å²) >= 11 is 0. The molecule has 1 amide bonds. The van der Waals surface area contributed by atoms with E-state index < -0.39 is 0 Å². The highest BCUT2D eigenvalue weighted by atomic mass is 16.1. The van der Waals surface area contributed by atoms with Crippen LogP contribution in [-0.4, -0.2) is 24.7 Å². The molecule has 0 unspecified atom stereocenters. The van der Waals surface area contributed by atoms with Crippen LogP contribution in [0, 0.1) is 0 Å². The van der Waals surface area contributed by atoms with Crippen molar-refractivity contribution in [1.29, 1.82) is 0 Å². The number of hydrogen-bond donors (Lipinski definition) is 1. The van der Waals surface area contributed by atoms with Gasteiger partial charge in [0, 0.05) is 18.2 Å². The molecular formula is C18H19N3O. The lowest BCUT2D eigenvalue weighted by atomic mass is 10.1. The summed E-state index contributed by atoms with van der Waals surface area (Å²) in [6, 6.07) is 11.7. The Morgan fingerprint density at radius 3 is 2.59 bits per heavy atom. The van der Waals surface area contributed by atoms with Gasteiger partial charge in [-0.2, -0.15) is 0 Å². The number of carbonyl (C=O) groups excluding carboxylic acids is 1. The van der Waals surface area contributed by atoms with Crippen LogP contribution in [0.5, 0.6) is 0 Å². The first-order chi connectivity index (χ1) is 10.7. The lowest BCUT2D eigenvalue weighted by Gasteiger charge is -2.06. The number of likely N-dealkylation sites (N-methyl/N-ethyl adjacent to an activating group) is 1. The van der Waals surface area contributed by atoms with Crippen LogP contribution >= 0.6 is 0 Å². The predicted octanol–water partition coefficient (Wildman–Crippen LogP) is 3.40. The van der Waals surface area contributed by atoms with Gasteiger partial charge in [-0.15, -0.1) is 0 Å². The van der Waals surface area contributed by atoms with Crippen molar-refractivity contribution in [3.8, 4) is 11.3 Å². The monoisotopic (exact) mass is 293 g/mol. The van der Waals surface area contributed by atoms with Gasteiger partial charge in [-0.1, -0.05) is 36.4 Å². The van der Waals surface area contributed by atoms with Gasteiger partial charge in [0.15, 0.2) is 5.82 Å². The average Bonchev–Trinajstić information content (AvgIpc) is 2.56. The number of benzene rings is 1. The van der Waals surface area contributed by atoms with E-state index in [-0.39, 0.29) is 5.91 Å². The van der Waals surface area contributed by atoms with Crippen LogP contribution in [0.2, 0.25) is 0 Å². The molecule has 0 radical (unpaired) electrons. The van der Waals surface area contributed by atoms with E-state index in [9.17, 15) is 4.79 Å². The minimum absolute atomic E-state index is 0.000255. The molecule has 0 spiro atoms. The predicted molar refractivity (Wildman–Crippen MR) is 91.4 cm³/mol. The molecule has 0 aliphatic rings. The number of pyridine rings is 1. The van der Waals surface area contributed by atoms with Crippen molar-refractivity contribution in [2.75, 3.05) is 7.05 Å². The van der Waals surface area contributed by atoms with Gasteiger partial charge in [-0.3, -0.25) is 4.79 Å². The zero-order chi connectivity index (χ0) is 15.9. The van der Waals surface area contributed by atoms with Crippen molar-refractivity contribution in [3.63, 3.8) is 0 Å². The van der Waals surface area contributed by atoms with E-state index in [1.807, 2.05) is 55.5 Å². The molecule has 0 aliphatic carbocycles. The average molecular weight is 293 g/mol. The molecular weight excluding hydrogens is 274 g/mol. The zero-order valence-electron chi connectivity index (χ0n) is 12.8. The summed E-state index contributed by atoms with van der Waals surface area (Å²) in [6.45, 7) is 5.52. The van der Waals surface area contributed by atoms with Gasteiger partial charge in [0.2, 0.25) is 5.91 Å². The summed E-state index contributed by atoms with van der Waals surface area (Å²) in [5.41, 5.74) is 3.73. The Kier molecular flexibility index (Phi) is 5.20. The molecule has 1 heterocycles. The second kappa shape index (κ2) is 7.31. The van der Waals surface area contributed by atoms with E-state index in [0.29, 0.717) is 12.2 Å². The van der Waals surface area contributed by atoms with E-state index in [1.165, 1.54) is 0 Å². The lowest BCUT2D eigenvalue weighted by Crippen LogP contribution is -2.19. The molecule has 0 aliphatic heterocycles. The van der Waals surface area contributed by atoms with E-state index in [2.05, 4.69) is 22.0 Å². The number of amides is 1. The molecule has 112 valence electrons. The minimum Gasteiger partial charge on any atom is -0.359 e. The van der Waals surface area contributed by atoms with Gasteiger partial charge in [-0.05, 0) is 31.3 Å². The van der Waals surface area contributed by atoms with Gasteiger partial charge in [0.1, 0.15) is 0 Å². The van der Waals surface area contributed by atoms with Gasteiger partial charge >= 0.3 is 0 Å². The third-order valence-electron chi connectivity index (χ3n) is 3.29. The van der Waals surface area contributed by atoms with Gasteiger partial charge in [0.25, 0.3) is 0 Å². The third-order valence-corrected chi connectivity index (χ3v) is 3.29. The molecule has 0 fully saturated rings. The number of aliphatic imine (C=N–C) groups is 1. The SMILES string of the molecule is C=Nc1nc(-c2ccc(CC(=O)NC)cc2)ccc1/C=C\C. The first kappa shape index (κ1) is 15.6. The van der Waals surface area contributed by atoms with Crippen LogP contribution in [0.4, 0.5) is 5.82 Å². The topological polar surface area (TPSA) is 54.4 Å². The highest BCUT2D eigenvalue weighted by Gasteiger charge is 2.06. The van der Waals surface area contributed by atoms with Gasteiger partial charge < -0.3 is 5.32 Å². The molecule has 0 saturated heterocycles. The fourth-order valence-electron chi connectivity index (χ4n) is 2.12. The summed E-state index contributed by atoms with van der Waals surface area (Å²) in [6.07, 6.45) is 4.27. The molecule has 0 bridgehead atoms. The number of nitrogens with one attached hydrogen (secondary N) is 1. The van der Waals surface area contributed by atoms with Crippen molar-refractivity contribution in [2.45, 2.75) is 13.3 Å². The maximum atomic E-state index is 11.4. The second-order valence-corrected chi connectivity index (χ2v) is 4.81. The molecule has 0 atom stereocenters. The molecule has 1 aromatic heterocycles. The van der Waals surface area contributed by atoms with Crippen LogP contribution in [0.1, 0.15) is 18.1 Å². The fraction of sp³-hybridized carbons (Fsp3) is 0.167. The van der Waals surface area contributed by atoms with E-state index >= 15 is 0 Å². The first-order valence-corrected chi connectivity index (χ1v) is 7.08. The molecule has 2 aromatic rings. The number of aromatic nitrogens is 1. The molecule has 4 nitrogen and oxygen atoms in total. The largest absolute Gasteiger partial charge is 0.359 e. The Bertz CT molecular complexity index is 703. The van der Waals surface area contributed by atoms with Crippen molar-refractivity contribution in [3.05, 3.63) is 53.6 Å². The lowest BCUT2D eigenvalue weighted by molar-refractivity contribution is -0.119. The van der Waals surface area contributed by atoms with Crippen LogP contribution < -0.4 is 5.32 Å². The Hall–Kier alpha value is -2.75. The second-order valence-electron chi connectivity index (χ2n) is 4.81. The summed E-state index contributed by atoms with van der Waals surface area (Å²) in [5.74, 6) is 0.616. The summed E-state index contributed by atoms with van der Waals surface area (Å²) < 4.78 is 0. The highest BCUT2D eigenvalue weighted by molar-refractivity contribution is 5.78. The fourth-order valence-corrected chi connectivity index (χ4v) is 2.12. The maximum absolute atomic E-state index is 11.4. The molecule has 0 saturated carbocycles. The number of hydrogen-bond acceptors (Lipinski definition) is 3. The van der Waals surface area contributed by atoms with Crippen LogP contribution in [-0.2, 0) is 11.2 Å². The van der Waals surface area contributed by atoms with Crippen molar-refractivity contribution < 1.29 is 4.79 Å². The van der Waals surface area contributed by atoms with Crippen LogP contribution in [0.25, 0.3) is 17.3 Å². The summed E-state index contributed by atoms with van der Waals surface area (Å²) in [5, 5.41) is 2.62. The van der Waals surface area contributed by atoms with E-state index in [0.717, 1.165) is 22.4 Å². The number of carbonyl (C=O) groups is 1. The molecule has 1 aromatic carbocycles. The summed E-state index contributed by atoms with van der Waals surface area (Å²) in [7, 11) is 1.64. The minimum atomic E-state index is -0.000255. The quantitative estimate of drug-likeness (QED) is 0.859. The van der Waals surface area contributed by atoms with Crippen molar-refractivity contribution in [1.82, 2.24) is 10.3 Å². The summed E-state index contributed by atoms with van der Waals surface area (Å²) in [4.78, 5) is 19.9. The number of allylic oxidation sites excluding steroid dienone is 1. The van der Waals surface area contributed by atoms with Gasteiger partial charge in [-0.25, -0.2) is 9.98 Å². The van der Waals surface area contributed by atoms with Gasteiger partial charge in [0.05, 0.1) is 12.1 Å². The Labute approximate surface area is 130 Å². The Balaban J connectivity index is 2.28. The maximum Gasteiger partial charge on any atom is 0.224 e. The van der Waals surface area contributed by atoms with Crippen molar-refractivity contribution >= 4 is 24.5 Å².